The predicted molar refractivity (Wildman–Crippen MR) is 233 cm³/mol. The van der Waals surface area contributed by atoms with Crippen molar-refractivity contribution >= 4 is 24.0 Å². The quantitative estimate of drug-likeness (QED) is 0.165. The lowest BCUT2D eigenvalue weighted by Crippen LogP contribution is -2.46. The minimum atomic E-state index is -0.399. The number of hydrogen-bond donors (Lipinski definition) is 4. The van der Waals surface area contributed by atoms with Gasteiger partial charge >= 0.3 is 0 Å². The maximum atomic E-state index is 13.1. The van der Waals surface area contributed by atoms with Crippen LogP contribution in [0.3, 0.4) is 0 Å². The van der Waals surface area contributed by atoms with E-state index < -0.39 is 11.8 Å². The Morgan fingerprint density at radius 2 is 1.00 bits per heavy atom. The Labute approximate surface area is 351 Å². The van der Waals surface area contributed by atoms with E-state index in [2.05, 4.69) is 44.7 Å². The smallest absolute Gasteiger partial charge is 0.258 e. The number of carbonyl (C=O) groups is 2. The number of rotatable bonds is 12. The molecule has 2 amide bonds. The van der Waals surface area contributed by atoms with Gasteiger partial charge in [-0.2, -0.15) is 0 Å². The van der Waals surface area contributed by atoms with Crippen LogP contribution in [0.2, 0.25) is 0 Å². The van der Waals surface area contributed by atoms with Crippen molar-refractivity contribution in [3.63, 3.8) is 0 Å². The van der Waals surface area contributed by atoms with Crippen molar-refractivity contribution in [1.82, 2.24) is 29.6 Å². The van der Waals surface area contributed by atoms with Crippen LogP contribution in [0.5, 0.6) is 0 Å². The maximum absolute atomic E-state index is 13.1. The van der Waals surface area contributed by atoms with Gasteiger partial charge in [-0.15, -0.1) is 0 Å². The standard InChI is InChI=1S/2C24H29N3O3/c2*1-3-8-17-11-12-19-22-21(23(29)25-4-2)18(15-28)20(14-27(19)24(17)30)26(22)13-16-9-6-5-7-10-16/h2*3,5-12,18,20-22,28H,4,13-15H2,1-2H3,(H,25,29)/b8-3+;8-3-/t2*18-,20-,21+,22+/m00/s1. The van der Waals surface area contributed by atoms with Gasteiger partial charge in [0.25, 0.3) is 11.1 Å². The molecule has 4 aromatic rings. The van der Waals surface area contributed by atoms with Crippen LogP contribution in [0.25, 0.3) is 12.2 Å². The topological polar surface area (TPSA) is 149 Å². The SMILES string of the molecule is C/C=C/c1ccc2n(c1=O)C[C@H]1[C@H](CO)[C@@H](C(=O)NCC)[C@@H]2N1Cc1ccccc1.C/C=C\c1ccc2n(c1=O)C[C@H]1[C@H](CO)[C@@H](C(=O)NCC)[C@@H]2N1Cc1ccccc1. The number of aliphatic hydroxyl groups is 2. The third-order valence-corrected chi connectivity index (χ3v) is 12.8. The van der Waals surface area contributed by atoms with E-state index in [1.165, 1.54) is 0 Å². The minimum absolute atomic E-state index is 0.0341. The molecule has 4 aliphatic rings. The first kappa shape index (κ1) is 42.7. The van der Waals surface area contributed by atoms with Gasteiger partial charge in [0.2, 0.25) is 11.8 Å². The molecule has 12 heteroatoms. The summed E-state index contributed by atoms with van der Waals surface area (Å²) in [4.78, 5) is 57.0. The fourth-order valence-electron chi connectivity index (χ4n) is 10.3. The molecule has 0 spiro atoms. The zero-order valence-corrected chi connectivity index (χ0v) is 35.0. The predicted octanol–water partition coefficient (Wildman–Crippen LogP) is 4.36. The van der Waals surface area contributed by atoms with E-state index in [0.717, 1.165) is 22.5 Å². The van der Waals surface area contributed by atoms with Crippen molar-refractivity contribution in [3.8, 4) is 0 Å². The lowest BCUT2D eigenvalue weighted by molar-refractivity contribution is -0.128. The van der Waals surface area contributed by atoms with Crippen LogP contribution < -0.4 is 21.8 Å². The Hall–Kier alpha value is -5.40. The molecule has 0 unspecified atom stereocenters. The molecule has 4 N–H and O–H groups in total. The van der Waals surface area contributed by atoms with Gasteiger partial charge in [0.1, 0.15) is 0 Å². The molecule has 316 valence electrons. The number of nitrogens with zero attached hydrogens (tertiary/aromatic N) is 4. The molecule has 12 nitrogen and oxygen atoms in total. The Kier molecular flexibility index (Phi) is 13.4. The third-order valence-electron chi connectivity index (χ3n) is 12.8. The first-order valence-corrected chi connectivity index (χ1v) is 21.3. The van der Waals surface area contributed by atoms with Crippen molar-refractivity contribution in [2.75, 3.05) is 26.3 Å². The van der Waals surface area contributed by atoms with Gasteiger partial charge in [-0.05, 0) is 63.1 Å². The zero-order chi connectivity index (χ0) is 42.5. The monoisotopic (exact) mass is 814 g/mol. The number of hydrogen-bond acceptors (Lipinski definition) is 8. The highest BCUT2D eigenvalue weighted by Gasteiger charge is 2.57. The summed E-state index contributed by atoms with van der Waals surface area (Å²) in [6, 6.07) is 27.3. The highest BCUT2D eigenvalue weighted by Crippen LogP contribution is 2.50. The number of benzene rings is 2. The molecule has 0 saturated carbocycles. The number of aliphatic hydroxyl groups excluding tert-OH is 2. The van der Waals surface area contributed by atoms with Gasteiger partial charge in [-0.25, -0.2) is 0 Å². The summed E-state index contributed by atoms with van der Waals surface area (Å²) in [6.45, 7) is 10.8. The van der Waals surface area contributed by atoms with Crippen LogP contribution in [-0.2, 0) is 35.8 Å². The van der Waals surface area contributed by atoms with Crippen molar-refractivity contribution in [1.29, 1.82) is 0 Å². The van der Waals surface area contributed by atoms with Crippen LogP contribution >= 0.6 is 0 Å². The molecule has 6 heterocycles. The van der Waals surface area contributed by atoms with E-state index in [-0.39, 0.29) is 72.1 Å². The minimum Gasteiger partial charge on any atom is -0.396 e. The van der Waals surface area contributed by atoms with Crippen molar-refractivity contribution in [2.45, 2.75) is 78.0 Å². The second-order valence-electron chi connectivity index (χ2n) is 16.1. The lowest BCUT2D eigenvalue weighted by atomic mass is 9.86. The van der Waals surface area contributed by atoms with Gasteiger partial charge in [0.05, 0.1) is 23.9 Å². The summed E-state index contributed by atoms with van der Waals surface area (Å²) in [5, 5.41) is 26.4. The Morgan fingerprint density at radius 3 is 1.33 bits per heavy atom. The molecule has 60 heavy (non-hydrogen) atoms. The van der Waals surface area contributed by atoms with E-state index in [4.69, 9.17) is 0 Å². The lowest BCUT2D eigenvalue weighted by Gasteiger charge is -2.38. The van der Waals surface area contributed by atoms with Crippen LogP contribution in [-0.4, -0.2) is 79.3 Å². The van der Waals surface area contributed by atoms with E-state index in [1.54, 1.807) is 0 Å². The Balaban J connectivity index is 0.000000181. The highest BCUT2D eigenvalue weighted by atomic mass is 16.3. The number of allylic oxidation sites excluding steroid dienone is 2. The first-order chi connectivity index (χ1) is 29.2. The number of carbonyl (C=O) groups excluding carboxylic acids is 2. The second kappa shape index (κ2) is 18.9. The van der Waals surface area contributed by atoms with E-state index in [9.17, 15) is 29.4 Å². The summed E-state index contributed by atoms with van der Waals surface area (Å²) < 4.78 is 3.63. The number of aromatic nitrogens is 2. The summed E-state index contributed by atoms with van der Waals surface area (Å²) in [6.07, 6.45) is 7.35. The highest BCUT2D eigenvalue weighted by molar-refractivity contribution is 5.81. The molecular weight excluding hydrogens is 757 g/mol. The van der Waals surface area contributed by atoms with Crippen LogP contribution in [0.15, 0.2) is 107 Å². The number of nitrogens with one attached hydrogen (secondary N) is 2. The second-order valence-corrected chi connectivity index (χ2v) is 16.1. The fourth-order valence-corrected chi connectivity index (χ4v) is 10.3. The van der Waals surface area contributed by atoms with Crippen LogP contribution in [0.1, 0.15) is 73.4 Å². The molecular formula is C48H58N6O6. The van der Waals surface area contributed by atoms with E-state index in [0.29, 0.717) is 50.4 Å². The molecule has 8 atom stereocenters. The third kappa shape index (κ3) is 7.97. The molecule has 2 saturated heterocycles. The van der Waals surface area contributed by atoms with Gasteiger partial charge in [-0.3, -0.25) is 29.0 Å². The molecule has 4 aliphatic heterocycles. The Morgan fingerprint density at radius 1 is 0.617 bits per heavy atom. The average Bonchev–Trinajstić information content (AvgIpc) is 3.59. The molecule has 2 aromatic heterocycles. The molecule has 0 aliphatic carbocycles. The summed E-state index contributed by atoms with van der Waals surface area (Å²) in [5.74, 6) is -1.36. The summed E-state index contributed by atoms with van der Waals surface area (Å²) in [7, 11) is 0. The van der Waals surface area contributed by atoms with E-state index in [1.807, 2.05) is 122 Å². The number of fused-ring (bicyclic) bond motifs is 8. The van der Waals surface area contributed by atoms with Crippen molar-refractivity contribution in [2.24, 2.45) is 23.7 Å². The zero-order valence-electron chi connectivity index (χ0n) is 35.0. The normalized spacial score (nSPS) is 25.4. The summed E-state index contributed by atoms with van der Waals surface area (Å²) in [5.41, 5.74) is 5.24. The molecule has 8 rings (SSSR count). The fraction of sp³-hybridized carbons (Fsp3) is 0.417. The average molecular weight is 815 g/mol. The molecule has 0 radical (unpaired) electrons. The maximum Gasteiger partial charge on any atom is 0.258 e. The van der Waals surface area contributed by atoms with Gasteiger partial charge in [0, 0.05) is 98.9 Å². The van der Waals surface area contributed by atoms with Crippen LogP contribution in [0.4, 0.5) is 0 Å². The van der Waals surface area contributed by atoms with Gasteiger partial charge < -0.3 is 30.0 Å². The Bertz CT molecular complexity index is 2160. The van der Waals surface area contributed by atoms with Gasteiger partial charge in [-0.1, -0.05) is 85.0 Å². The summed E-state index contributed by atoms with van der Waals surface area (Å²) >= 11 is 0. The molecule has 2 aromatic carbocycles. The van der Waals surface area contributed by atoms with Gasteiger partial charge in [0.15, 0.2) is 0 Å². The molecule has 2 fully saturated rings. The van der Waals surface area contributed by atoms with Crippen molar-refractivity contribution < 1.29 is 19.8 Å². The first-order valence-electron chi connectivity index (χ1n) is 21.3. The number of amides is 2. The molecule has 4 bridgehead atoms. The van der Waals surface area contributed by atoms with Crippen LogP contribution in [0, 0.1) is 23.7 Å². The van der Waals surface area contributed by atoms with E-state index >= 15 is 0 Å². The number of pyridine rings is 2. The van der Waals surface area contributed by atoms with Crippen molar-refractivity contribution in [3.05, 3.63) is 151 Å². The largest absolute Gasteiger partial charge is 0.396 e.